The Morgan fingerprint density at radius 2 is 1.96 bits per heavy atom. The Morgan fingerprint density at radius 1 is 1.26 bits per heavy atom. The van der Waals surface area contributed by atoms with Gasteiger partial charge in [0.25, 0.3) is 0 Å². The van der Waals surface area contributed by atoms with Gasteiger partial charge >= 0.3 is 0 Å². The molecule has 2 heterocycles. The fourth-order valence-electron chi connectivity index (χ4n) is 4.40. The van der Waals surface area contributed by atoms with Crippen molar-refractivity contribution in [1.82, 2.24) is 9.80 Å². The topological polar surface area (TPSA) is 39.5 Å². The van der Waals surface area contributed by atoms with E-state index in [-0.39, 0.29) is 0 Å². The van der Waals surface area contributed by atoms with Gasteiger partial charge in [0, 0.05) is 32.7 Å². The van der Waals surface area contributed by atoms with Crippen LogP contribution in [0.5, 0.6) is 0 Å². The summed E-state index contributed by atoms with van der Waals surface area (Å²) >= 11 is 0. The first-order valence-corrected chi connectivity index (χ1v) is 8.54. The van der Waals surface area contributed by atoms with Crippen molar-refractivity contribution in [3.05, 3.63) is 35.4 Å². The van der Waals surface area contributed by atoms with Gasteiger partial charge in [-0.25, -0.2) is 0 Å². The molecule has 2 fully saturated rings. The van der Waals surface area contributed by atoms with Crippen molar-refractivity contribution in [2.75, 3.05) is 46.9 Å². The number of nitriles is 1. The van der Waals surface area contributed by atoms with Gasteiger partial charge in [-0.1, -0.05) is 12.1 Å². The minimum atomic E-state index is 0.450. The van der Waals surface area contributed by atoms with Crippen molar-refractivity contribution in [3.63, 3.8) is 0 Å². The van der Waals surface area contributed by atoms with E-state index in [1.165, 1.54) is 31.5 Å². The lowest BCUT2D eigenvalue weighted by atomic mass is 9.71. The first-order chi connectivity index (χ1) is 11.1. The van der Waals surface area contributed by atoms with Crippen LogP contribution < -0.4 is 0 Å². The maximum absolute atomic E-state index is 8.88. The Balaban J connectivity index is 1.58. The molecule has 2 saturated heterocycles. The van der Waals surface area contributed by atoms with E-state index in [4.69, 9.17) is 10.00 Å². The summed E-state index contributed by atoms with van der Waals surface area (Å²) in [5, 5.41) is 8.88. The van der Waals surface area contributed by atoms with Gasteiger partial charge in [0.15, 0.2) is 0 Å². The van der Waals surface area contributed by atoms with Crippen molar-refractivity contribution in [2.24, 2.45) is 11.3 Å². The molecular formula is C19H27N3O. The number of hydrogen-bond donors (Lipinski definition) is 0. The molecule has 1 aromatic carbocycles. The van der Waals surface area contributed by atoms with Crippen LogP contribution in [0.3, 0.4) is 0 Å². The molecule has 0 N–H and O–H groups in total. The predicted molar refractivity (Wildman–Crippen MR) is 91.0 cm³/mol. The number of likely N-dealkylation sites (tertiary alicyclic amines) is 2. The van der Waals surface area contributed by atoms with Crippen LogP contribution in [0.4, 0.5) is 0 Å². The van der Waals surface area contributed by atoms with Gasteiger partial charge in [-0.2, -0.15) is 5.26 Å². The van der Waals surface area contributed by atoms with Gasteiger partial charge in [0.2, 0.25) is 0 Å². The summed E-state index contributed by atoms with van der Waals surface area (Å²) in [5.74, 6) is 0.676. The minimum absolute atomic E-state index is 0.450. The second-order valence-corrected chi connectivity index (χ2v) is 7.30. The fraction of sp³-hybridized carbons (Fsp3) is 0.632. The molecule has 4 heteroatoms. The predicted octanol–water partition coefficient (Wildman–Crippen LogP) is 2.35. The molecule has 3 rings (SSSR count). The monoisotopic (exact) mass is 313 g/mol. The highest BCUT2D eigenvalue weighted by Gasteiger charge is 2.46. The molecule has 124 valence electrons. The molecule has 1 unspecified atom stereocenters. The average molecular weight is 313 g/mol. The highest BCUT2D eigenvalue weighted by atomic mass is 16.5. The number of methoxy groups -OCH3 is 1. The molecule has 2 aliphatic heterocycles. The van der Waals surface area contributed by atoms with Crippen molar-refractivity contribution >= 4 is 0 Å². The standard InChI is InChI=1S/C19H27N3O/c1-21-13-18(14-23-2)19(15-21)7-9-22(10-8-19)12-17-5-3-16(11-20)4-6-17/h3-6,18H,7-10,12-15H2,1-2H3. The second-order valence-electron chi connectivity index (χ2n) is 7.30. The molecule has 0 bridgehead atoms. The number of ether oxygens (including phenoxy) is 1. The van der Waals surface area contributed by atoms with E-state index in [0.29, 0.717) is 11.3 Å². The van der Waals surface area contributed by atoms with Gasteiger partial charge in [-0.05, 0) is 56.1 Å². The first-order valence-electron chi connectivity index (χ1n) is 8.54. The van der Waals surface area contributed by atoms with Crippen LogP contribution in [-0.2, 0) is 11.3 Å². The van der Waals surface area contributed by atoms with E-state index in [2.05, 4.69) is 35.0 Å². The molecule has 0 saturated carbocycles. The lowest BCUT2D eigenvalue weighted by Gasteiger charge is -2.42. The third-order valence-corrected chi connectivity index (χ3v) is 5.69. The summed E-state index contributed by atoms with van der Waals surface area (Å²) in [6.07, 6.45) is 2.53. The normalized spacial score (nSPS) is 24.8. The van der Waals surface area contributed by atoms with Crippen LogP contribution in [0, 0.1) is 22.7 Å². The molecule has 23 heavy (non-hydrogen) atoms. The quantitative estimate of drug-likeness (QED) is 0.855. The molecule has 1 spiro atoms. The third kappa shape index (κ3) is 3.58. The summed E-state index contributed by atoms with van der Waals surface area (Å²) < 4.78 is 5.48. The Morgan fingerprint density at radius 3 is 2.57 bits per heavy atom. The van der Waals surface area contributed by atoms with Gasteiger partial charge in [0.05, 0.1) is 18.2 Å². The first kappa shape index (κ1) is 16.4. The van der Waals surface area contributed by atoms with E-state index in [0.717, 1.165) is 31.8 Å². The molecule has 0 amide bonds. The maximum atomic E-state index is 8.88. The number of hydrogen-bond acceptors (Lipinski definition) is 4. The summed E-state index contributed by atoms with van der Waals surface area (Å²) in [6, 6.07) is 10.2. The highest BCUT2D eigenvalue weighted by molar-refractivity contribution is 5.31. The number of piperidine rings is 1. The smallest absolute Gasteiger partial charge is 0.0991 e. The average Bonchev–Trinajstić information content (AvgIpc) is 2.86. The summed E-state index contributed by atoms with van der Waals surface area (Å²) in [6.45, 7) is 6.59. The van der Waals surface area contributed by atoms with E-state index in [9.17, 15) is 0 Å². The zero-order valence-electron chi connectivity index (χ0n) is 14.3. The summed E-state index contributed by atoms with van der Waals surface area (Å²) in [5.41, 5.74) is 2.49. The van der Waals surface area contributed by atoms with E-state index in [1.807, 2.05) is 19.2 Å². The molecular weight excluding hydrogens is 286 g/mol. The number of nitrogens with zero attached hydrogens (tertiary/aromatic N) is 3. The fourth-order valence-corrected chi connectivity index (χ4v) is 4.40. The van der Waals surface area contributed by atoms with Crippen molar-refractivity contribution in [2.45, 2.75) is 19.4 Å². The zero-order valence-corrected chi connectivity index (χ0v) is 14.3. The number of benzene rings is 1. The van der Waals surface area contributed by atoms with Gasteiger partial charge < -0.3 is 9.64 Å². The molecule has 2 aliphatic rings. The Bertz CT molecular complexity index is 555. The molecule has 0 aromatic heterocycles. The Labute approximate surface area is 139 Å². The lowest BCUT2D eigenvalue weighted by molar-refractivity contribution is 0.0354. The molecule has 1 aromatic rings. The molecule has 1 atom stereocenters. The van der Waals surface area contributed by atoms with E-state index in [1.54, 1.807) is 0 Å². The maximum Gasteiger partial charge on any atom is 0.0991 e. The summed E-state index contributed by atoms with van der Waals surface area (Å²) in [4.78, 5) is 5.02. The van der Waals surface area contributed by atoms with Crippen LogP contribution in [0.15, 0.2) is 24.3 Å². The van der Waals surface area contributed by atoms with Crippen LogP contribution >= 0.6 is 0 Å². The van der Waals surface area contributed by atoms with Crippen LogP contribution in [0.25, 0.3) is 0 Å². The van der Waals surface area contributed by atoms with E-state index >= 15 is 0 Å². The third-order valence-electron chi connectivity index (χ3n) is 5.69. The van der Waals surface area contributed by atoms with Crippen molar-refractivity contribution in [3.8, 4) is 6.07 Å². The Hall–Kier alpha value is -1.41. The largest absolute Gasteiger partial charge is 0.384 e. The lowest BCUT2D eigenvalue weighted by Crippen LogP contribution is -2.44. The SMILES string of the molecule is COCC1CN(C)CC12CCN(Cc1ccc(C#N)cc1)CC2. The number of rotatable bonds is 4. The second kappa shape index (κ2) is 7.00. The van der Waals surface area contributed by atoms with Gasteiger partial charge in [-0.15, -0.1) is 0 Å². The van der Waals surface area contributed by atoms with Crippen LogP contribution in [-0.4, -0.2) is 56.7 Å². The summed E-state index contributed by atoms with van der Waals surface area (Å²) in [7, 11) is 4.06. The van der Waals surface area contributed by atoms with Gasteiger partial charge in [-0.3, -0.25) is 4.90 Å². The minimum Gasteiger partial charge on any atom is -0.384 e. The molecule has 4 nitrogen and oxygen atoms in total. The van der Waals surface area contributed by atoms with Crippen LogP contribution in [0.2, 0.25) is 0 Å². The Kier molecular flexibility index (Phi) is 5.01. The zero-order chi connectivity index (χ0) is 16.3. The van der Waals surface area contributed by atoms with Crippen molar-refractivity contribution in [1.29, 1.82) is 5.26 Å². The highest BCUT2D eigenvalue weighted by Crippen LogP contribution is 2.44. The van der Waals surface area contributed by atoms with E-state index < -0.39 is 0 Å². The molecule has 0 aliphatic carbocycles. The van der Waals surface area contributed by atoms with Gasteiger partial charge in [0.1, 0.15) is 0 Å². The van der Waals surface area contributed by atoms with Crippen LogP contribution in [0.1, 0.15) is 24.0 Å². The van der Waals surface area contributed by atoms with Crippen molar-refractivity contribution < 1.29 is 4.74 Å². The molecule has 0 radical (unpaired) electrons.